The van der Waals surface area contributed by atoms with E-state index < -0.39 is 0 Å². The molecule has 0 amide bonds. The summed E-state index contributed by atoms with van der Waals surface area (Å²) in [7, 11) is 0. The molecule has 1 aromatic carbocycles. The van der Waals surface area contributed by atoms with Crippen LogP contribution in [0, 0.1) is 0 Å². The maximum atomic E-state index is 6.33. The van der Waals surface area contributed by atoms with Crippen LogP contribution in [0.4, 0.5) is 0 Å². The van der Waals surface area contributed by atoms with Gasteiger partial charge in [-0.3, -0.25) is 9.55 Å². The maximum Gasteiger partial charge on any atom is 0.115 e. The molecule has 0 N–H and O–H groups in total. The van der Waals surface area contributed by atoms with E-state index in [4.69, 9.17) is 34.8 Å². The van der Waals surface area contributed by atoms with E-state index in [1.54, 1.807) is 18.5 Å². The molecule has 102 valence electrons. The van der Waals surface area contributed by atoms with Crippen molar-refractivity contribution >= 4 is 45.8 Å². The summed E-state index contributed by atoms with van der Waals surface area (Å²) in [6.07, 6.45) is 4.09. The van der Waals surface area contributed by atoms with Gasteiger partial charge in [0.15, 0.2) is 0 Å². The molecule has 20 heavy (non-hydrogen) atoms. The first-order valence-corrected chi connectivity index (χ1v) is 7.33. The Balaban J connectivity index is 2.33. The number of hydrogen-bond donors (Lipinski definition) is 0. The highest BCUT2D eigenvalue weighted by Crippen LogP contribution is 2.31. The third kappa shape index (κ3) is 2.26. The van der Waals surface area contributed by atoms with E-state index in [0.29, 0.717) is 22.3 Å². The van der Waals surface area contributed by atoms with Gasteiger partial charge in [-0.15, -0.1) is 11.6 Å². The first-order valence-electron chi connectivity index (χ1n) is 6.04. The first kappa shape index (κ1) is 13.7. The molecule has 3 aromatic rings. The number of rotatable bonds is 3. The molecule has 3 nitrogen and oxygen atoms in total. The minimum Gasteiger partial charge on any atom is -0.295 e. The molecule has 0 fully saturated rings. The van der Waals surface area contributed by atoms with Crippen LogP contribution in [0.25, 0.3) is 16.7 Å². The zero-order chi connectivity index (χ0) is 14.1. The summed E-state index contributed by atoms with van der Waals surface area (Å²) in [6, 6.07) is 7.43. The van der Waals surface area contributed by atoms with Crippen LogP contribution in [0.2, 0.25) is 10.0 Å². The van der Waals surface area contributed by atoms with Gasteiger partial charge in [0.1, 0.15) is 11.3 Å². The second-order valence-corrected chi connectivity index (χ2v) is 5.40. The van der Waals surface area contributed by atoms with Crippen molar-refractivity contribution in [1.82, 2.24) is 14.5 Å². The van der Waals surface area contributed by atoms with Crippen molar-refractivity contribution in [3.63, 3.8) is 0 Å². The van der Waals surface area contributed by atoms with Crippen LogP contribution in [0.15, 0.2) is 36.7 Å². The summed E-state index contributed by atoms with van der Waals surface area (Å²) in [5, 5.41) is 1.01. The average molecular weight is 327 g/mol. The Morgan fingerprint density at radius 2 is 2.00 bits per heavy atom. The van der Waals surface area contributed by atoms with Gasteiger partial charge in [0.25, 0.3) is 0 Å². The summed E-state index contributed by atoms with van der Waals surface area (Å²) in [6.45, 7) is 0. The summed E-state index contributed by atoms with van der Waals surface area (Å²) in [5.41, 5.74) is 2.54. The largest absolute Gasteiger partial charge is 0.295 e. The predicted octanol–water partition coefficient (Wildman–Crippen LogP) is 4.51. The number of aromatic nitrogens is 3. The van der Waals surface area contributed by atoms with Crippen molar-refractivity contribution in [1.29, 1.82) is 0 Å². The lowest BCUT2D eigenvalue weighted by Crippen LogP contribution is -2.03. The Labute approximate surface area is 131 Å². The molecule has 0 spiro atoms. The number of aryl methyl sites for hydroxylation is 1. The van der Waals surface area contributed by atoms with Gasteiger partial charge in [0.05, 0.1) is 27.4 Å². The third-order valence-corrected chi connectivity index (χ3v) is 4.01. The highest BCUT2D eigenvalue weighted by Gasteiger charge is 2.15. The van der Waals surface area contributed by atoms with Crippen LogP contribution in [-0.4, -0.2) is 20.4 Å². The van der Waals surface area contributed by atoms with Gasteiger partial charge in [-0.25, -0.2) is 4.98 Å². The second-order valence-electron chi connectivity index (χ2n) is 4.24. The van der Waals surface area contributed by atoms with Crippen LogP contribution in [-0.2, 0) is 6.42 Å². The standard InChI is InChI=1S/C14H10Cl3N3/c15-6-4-13-19-10-8-18-7-5-11(10)20(13)12-3-1-2-9(16)14(12)17/h1-3,5,7-8H,4,6H2. The Hall–Kier alpha value is -1.29. The molecule has 0 bridgehead atoms. The molecular weight excluding hydrogens is 317 g/mol. The highest BCUT2D eigenvalue weighted by molar-refractivity contribution is 6.43. The van der Waals surface area contributed by atoms with Gasteiger partial charge >= 0.3 is 0 Å². The molecule has 0 aliphatic rings. The number of hydrogen-bond acceptors (Lipinski definition) is 2. The molecule has 0 saturated heterocycles. The van der Waals surface area contributed by atoms with Crippen LogP contribution in [0.3, 0.4) is 0 Å². The number of imidazole rings is 1. The van der Waals surface area contributed by atoms with Gasteiger partial charge in [-0.1, -0.05) is 29.3 Å². The van der Waals surface area contributed by atoms with E-state index in [1.807, 2.05) is 22.8 Å². The smallest absolute Gasteiger partial charge is 0.115 e. The van der Waals surface area contributed by atoms with Gasteiger partial charge in [-0.2, -0.15) is 0 Å². The molecule has 0 atom stereocenters. The lowest BCUT2D eigenvalue weighted by Gasteiger charge is -2.11. The zero-order valence-electron chi connectivity index (χ0n) is 10.4. The van der Waals surface area contributed by atoms with Gasteiger partial charge in [-0.05, 0) is 18.2 Å². The van der Waals surface area contributed by atoms with E-state index in [0.717, 1.165) is 22.5 Å². The summed E-state index contributed by atoms with van der Waals surface area (Å²) in [4.78, 5) is 8.66. The van der Waals surface area contributed by atoms with Crippen molar-refractivity contribution in [2.75, 3.05) is 5.88 Å². The Morgan fingerprint density at radius 3 is 2.80 bits per heavy atom. The summed E-state index contributed by atoms with van der Waals surface area (Å²) in [5.74, 6) is 1.32. The van der Waals surface area contributed by atoms with Gasteiger partial charge < -0.3 is 0 Å². The topological polar surface area (TPSA) is 30.7 Å². The number of fused-ring (bicyclic) bond motifs is 1. The third-order valence-electron chi connectivity index (χ3n) is 3.02. The van der Waals surface area contributed by atoms with Crippen molar-refractivity contribution in [2.24, 2.45) is 0 Å². The Kier molecular flexibility index (Phi) is 3.83. The van der Waals surface area contributed by atoms with E-state index in [1.165, 1.54) is 0 Å². The van der Waals surface area contributed by atoms with Crippen molar-refractivity contribution in [3.05, 3.63) is 52.5 Å². The van der Waals surface area contributed by atoms with Crippen molar-refractivity contribution < 1.29 is 0 Å². The number of pyridine rings is 1. The summed E-state index contributed by atoms with van der Waals surface area (Å²) >= 11 is 18.3. The normalized spacial score (nSPS) is 11.2. The lowest BCUT2D eigenvalue weighted by molar-refractivity contribution is 0.912. The van der Waals surface area contributed by atoms with Gasteiger partial charge in [0.2, 0.25) is 0 Å². The fourth-order valence-electron chi connectivity index (χ4n) is 2.17. The molecule has 0 aliphatic heterocycles. The van der Waals surface area contributed by atoms with E-state index in [-0.39, 0.29) is 0 Å². The van der Waals surface area contributed by atoms with Crippen LogP contribution < -0.4 is 0 Å². The number of benzene rings is 1. The second kappa shape index (κ2) is 5.60. The Morgan fingerprint density at radius 1 is 1.15 bits per heavy atom. The predicted molar refractivity (Wildman–Crippen MR) is 83.3 cm³/mol. The lowest BCUT2D eigenvalue weighted by atomic mass is 10.3. The molecule has 0 aliphatic carbocycles. The molecular formula is C14H10Cl3N3. The van der Waals surface area contributed by atoms with Crippen LogP contribution in [0.5, 0.6) is 0 Å². The van der Waals surface area contributed by atoms with Crippen molar-refractivity contribution in [2.45, 2.75) is 6.42 Å². The number of alkyl halides is 1. The Bertz CT molecular complexity index is 767. The van der Waals surface area contributed by atoms with E-state index in [9.17, 15) is 0 Å². The van der Waals surface area contributed by atoms with Crippen molar-refractivity contribution in [3.8, 4) is 5.69 Å². The maximum absolute atomic E-state index is 6.33. The number of nitrogens with zero attached hydrogens (tertiary/aromatic N) is 3. The molecule has 0 radical (unpaired) electrons. The quantitative estimate of drug-likeness (QED) is 0.663. The fourth-order valence-corrected chi connectivity index (χ4v) is 2.72. The SMILES string of the molecule is ClCCc1nc2cnccc2n1-c1cccc(Cl)c1Cl. The summed E-state index contributed by atoms with van der Waals surface area (Å²) < 4.78 is 1.98. The van der Waals surface area contributed by atoms with Crippen LogP contribution in [0.1, 0.15) is 5.82 Å². The monoisotopic (exact) mass is 325 g/mol. The minimum atomic E-state index is 0.481. The molecule has 6 heteroatoms. The van der Waals surface area contributed by atoms with E-state index in [2.05, 4.69) is 9.97 Å². The molecule has 0 unspecified atom stereocenters. The fraction of sp³-hybridized carbons (Fsp3) is 0.143. The average Bonchev–Trinajstić information content (AvgIpc) is 2.80. The minimum absolute atomic E-state index is 0.481. The molecule has 2 aromatic heterocycles. The van der Waals surface area contributed by atoms with E-state index >= 15 is 0 Å². The molecule has 0 saturated carbocycles. The highest BCUT2D eigenvalue weighted by atomic mass is 35.5. The molecule has 2 heterocycles. The van der Waals surface area contributed by atoms with Crippen LogP contribution >= 0.6 is 34.8 Å². The zero-order valence-corrected chi connectivity index (χ0v) is 12.6. The van der Waals surface area contributed by atoms with Gasteiger partial charge in [0, 0.05) is 18.5 Å². The number of halogens is 3. The first-order chi connectivity index (χ1) is 9.72. The molecule has 3 rings (SSSR count).